The summed E-state index contributed by atoms with van der Waals surface area (Å²) in [5, 5.41) is 0. The molecule has 0 amide bonds. The Morgan fingerprint density at radius 1 is 1.31 bits per heavy atom. The number of rotatable bonds is 1. The Balaban J connectivity index is 2.97. The molecule has 0 radical (unpaired) electrons. The van der Waals surface area contributed by atoms with Gasteiger partial charge in [-0.2, -0.15) is 13.2 Å². The lowest BCUT2D eigenvalue weighted by atomic mass is 9.81. The average molecular weight is 274 g/mol. The largest absolute Gasteiger partial charge is 0.394 e. The smallest absolute Gasteiger partial charge is 0.258 e. The van der Waals surface area contributed by atoms with E-state index in [1.807, 2.05) is 0 Å². The van der Waals surface area contributed by atoms with Gasteiger partial charge in [0.05, 0.1) is 10.5 Å². The van der Waals surface area contributed by atoms with Gasteiger partial charge in [0.25, 0.3) is 0 Å². The van der Waals surface area contributed by atoms with Crippen LogP contribution in [0.1, 0.15) is 27.2 Å². The zero-order valence-electron chi connectivity index (χ0n) is 9.63. The van der Waals surface area contributed by atoms with E-state index in [0.29, 0.717) is 11.5 Å². The van der Waals surface area contributed by atoms with E-state index in [0.717, 1.165) is 6.42 Å². The Hall–Kier alpha value is 0.290. The van der Waals surface area contributed by atoms with Crippen molar-refractivity contribution in [1.29, 1.82) is 0 Å². The molecule has 16 heavy (non-hydrogen) atoms. The van der Waals surface area contributed by atoms with Gasteiger partial charge in [0.15, 0.2) is 0 Å². The van der Waals surface area contributed by atoms with E-state index in [9.17, 15) is 17.4 Å². The Kier molecular flexibility index (Phi) is 4.38. The predicted octanol–water partition coefficient (Wildman–Crippen LogP) is 3.42. The van der Waals surface area contributed by atoms with Crippen LogP contribution in [-0.4, -0.2) is 26.5 Å². The molecular formula is C10H17F3OS2. The van der Waals surface area contributed by atoms with Crippen molar-refractivity contribution in [2.24, 2.45) is 11.3 Å². The molecule has 1 aliphatic heterocycles. The molecule has 0 aromatic heterocycles. The van der Waals surface area contributed by atoms with Crippen LogP contribution in [0.5, 0.6) is 0 Å². The molecule has 0 saturated carbocycles. The van der Waals surface area contributed by atoms with Gasteiger partial charge in [0.1, 0.15) is 0 Å². The number of hydrogen-bond acceptors (Lipinski definition) is 2. The van der Waals surface area contributed by atoms with Crippen LogP contribution >= 0.6 is 11.8 Å². The second-order valence-electron chi connectivity index (χ2n) is 5.06. The van der Waals surface area contributed by atoms with E-state index in [1.165, 1.54) is 11.8 Å². The molecule has 3 atom stereocenters. The highest BCUT2D eigenvalue weighted by molar-refractivity contribution is 8.11. The normalized spacial score (nSPS) is 30.1. The van der Waals surface area contributed by atoms with Crippen molar-refractivity contribution >= 4 is 22.6 Å². The van der Waals surface area contributed by atoms with Gasteiger partial charge in [0, 0.05) is 16.6 Å². The van der Waals surface area contributed by atoms with Crippen molar-refractivity contribution < 1.29 is 17.4 Å². The lowest BCUT2D eigenvalue weighted by molar-refractivity contribution is -0.195. The van der Waals surface area contributed by atoms with E-state index < -0.39 is 32.9 Å². The minimum atomic E-state index is -4.27. The van der Waals surface area contributed by atoms with Crippen LogP contribution in [0.2, 0.25) is 0 Å². The monoisotopic (exact) mass is 274 g/mol. The van der Waals surface area contributed by atoms with Crippen molar-refractivity contribution in [3.05, 3.63) is 0 Å². The molecule has 0 aromatic carbocycles. The van der Waals surface area contributed by atoms with Crippen LogP contribution in [0, 0.1) is 11.3 Å². The van der Waals surface area contributed by atoms with Gasteiger partial charge in [-0.05, 0) is 17.6 Å². The third kappa shape index (κ3) is 3.39. The van der Waals surface area contributed by atoms with Crippen LogP contribution in [0.25, 0.3) is 0 Å². The molecule has 1 heterocycles. The topological polar surface area (TPSA) is 17.1 Å². The molecule has 0 N–H and O–H groups in total. The molecule has 0 spiro atoms. The highest BCUT2D eigenvalue weighted by Crippen LogP contribution is 2.47. The first-order chi connectivity index (χ1) is 7.14. The molecular weight excluding hydrogens is 257 g/mol. The molecule has 1 aliphatic rings. The third-order valence-corrected chi connectivity index (χ3v) is 6.25. The Morgan fingerprint density at radius 3 is 2.25 bits per heavy atom. The molecule has 1 rings (SSSR count). The molecule has 1 saturated heterocycles. The van der Waals surface area contributed by atoms with Gasteiger partial charge < -0.3 is 0 Å². The van der Waals surface area contributed by atoms with Gasteiger partial charge in [0.2, 0.25) is 0 Å². The van der Waals surface area contributed by atoms with E-state index in [2.05, 4.69) is 0 Å². The summed E-state index contributed by atoms with van der Waals surface area (Å²) in [6.45, 7) is 4.70. The third-order valence-electron chi connectivity index (χ3n) is 2.59. The van der Waals surface area contributed by atoms with Crippen LogP contribution in [0.15, 0.2) is 0 Å². The van der Waals surface area contributed by atoms with Gasteiger partial charge in [-0.25, -0.2) is 0 Å². The van der Waals surface area contributed by atoms with Crippen molar-refractivity contribution in [1.82, 2.24) is 0 Å². The Bertz CT molecular complexity index is 256. The van der Waals surface area contributed by atoms with Crippen molar-refractivity contribution in [3.8, 4) is 0 Å². The number of thioether (sulfide) groups is 1. The number of halogens is 3. The summed E-state index contributed by atoms with van der Waals surface area (Å²) in [6.07, 6.45) is -3.52. The van der Waals surface area contributed by atoms with Crippen molar-refractivity contribution in [3.63, 3.8) is 0 Å². The van der Waals surface area contributed by atoms with Gasteiger partial charge in [-0.15, -0.1) is 11.8 Å². The highest BCUT2D eigenvalue weighted by atomic mass is 32.2. The minimum absolute atomic E-state index is 0.403. The second kappa shape index (κ2) is 4.88. The zero-order chi connectivity index (χ0) is 12.6. The van der Waals surface area contributed by atoms with Gasteiger partial charge >= 0.3 is 6.18 Å². The molecule has 96 valence electrons. The van der Waals surface area contributed by atoms with Crippen LogP contribution in [0.3, 0.4) is 0 Å². The molecule has 0 bridgehead atoms. The number of alkyl halides is 3. The fourth-order valence-electron chi connectivity index (χ4n) is 1.89. The van der Waals surface area contributed by atoms with Gasteiger partial charge in [-0.1, -0.05) is 20.8 Å². The second-order valence-corrected chi connectivity index (χ2v) is 8.29. The average Bonchev–Trinajstić information content (AvgIpc) is 2.03. The minimum Gasteiger partial charge on any atom is -0.258 e. The summed E-state index contributed by atoms with van der Waals surface area (Å²) in [6, 6.07) is 0. The quantitative estimate of drug-likeness (QED) is 0.729. The van der Waals surface area contributed by atoms with Crippen LogP contribution < -0.4 is 0 Å². The molecule has 1 unspecified atom stereocenters. The first-order valence-electron chi connectivity index (χ1n) is 5.19. The summed E-state index contributed by atoms with van der Waals surface area (Å²) in [5.74, 6) is -0.412. The maximum Gasteiger partial charge on any atom is 0.394 e. The van der Waals surface area contributed by atoms with E-state index in [-0.39, 0.29) is 0 Å². The number of hydrogen-bond donors (Lipinski definition) is 0. The van der Waals surface area contributed by atoms with Crippen molar-refractivity contribution in [2.75, 3.05) is 11.5 Å². The fraction of sp³-hybridized carbons (Fsp3) is 1.00. The SMILES string of the molecule is CC(C)(C)[C@H]([C@H]1SCCCS1=O)C(F)(F)F. The van der Waals surface area contributed by atoms with Crippen LogP contribution in [0.4, 0.5) is 13.2 Å². The lowest BCUT2D eigenvalue weighted by Crippen LogP contribution is -2.45. The first-order valence-corrected chi connectivity index (χ1v) is 7.62. The van der Waals surface area contributed by atoms with Gasteiger partial charge in [-0.3, -0.25) is 4.21 Å². The van der Waals surface area contributed by atoms with Crippen molar-refractivity contribution in [2.45, 2.75) is 38.0 Å². The first kappa shape index (κ1) is 14.4. The summed E-state index contributed by atoms with van der Waals surface area (Å²) >= 11 is 1.21. The molecule has 0 aromatic rings. The molecule has 0 aliphatic carbocycles. The summed E-state index contributed by atoms with van der Waals surface area (Å²) in [7, 11) is -1.36. The molecule has 1 fully saturated rings. The van der Waals surface area contributed by atoms with E-state index >= 15 is 0 Å². The zero-order valence-corrected chi connectivity index (χ0v) is 11.3. The molecule has 6 heteroatoms. The van der Waals surface area contributed by atoms with Crippen LogP contribution in [-0.2, 0) is 10.8 Å². The Labute approximate surface area is 101 Å². The summed E-state index contributed by atoms with van der Waals surface area (Å²) in [4.78, 5) is 0. The Morgan fingerprint density at radius 2 is 1.88 bits per heavy atom. The van der Waals surface area contributed by atoms with E-state index in [4.69, 9.17) is 0 Å². The predicted molar refractivity (Wildman–Crippen MR) is 62.9 cm³/mol. The highest BCUT2D eigenvalue weighted by Gasteiger charge is 2.53. The maximum absolute atomic E-state index is 13.0. The lowest BCUT2D eigenvalue weighted by Gasteiger charge is -2.38. The summed E-state index contributed by atoms with van der Waals surface area (Å²) < 4.78 is 50.0. The molecule has 1 nitrogen and oxygen atoms in total. The standard InChI is InChI=1S/C10H17F3OS2/c1-9(2,3)7(10(11,12)13)8-15-5-4-6-16(8)14/h7-8H,4-6H2,1-3H3/t7-,8-,16?/m0/s1. The fourth-order valence-corrected chi connectivity index (χ4v) is 6.09. The summed E-state index contributed by atoms with van der Waals surface area (Å²) in [5.41, 5.74) is -0.900. The van der Waals surface area contributed by atoms with E-state index in [1.54, 1.807) is 20.8 Å². The maximum atomic E-state index is 13.0.